The normalized spacial score (nSPS) is 16.6. The van der Waals surface area contributed by atoms with Crippen molar-refractivity contribution in [1.29, 1.82) is 0 Å². The van der Waals surface area contributed by atoms with Crippen LogP contribution < -0.4 is 10.1 Å². The number of thioether (sulfide) groups is 1. The van der Waals surface area contributed by atoms with Gasteiger partial charge in [-0.3, -0.25) is 14.9 Å². The van der Waals surface area contributed by atoms with Gasteiger partial charge in [0.15, 0.2) is 0 Å². The number of carbonyl (C=O) groups is 2. The number of rotatable bonds is 6. The molecule has 2 heterocycles. The Labute approximate surface area is 165 Å². The molecule has 2 N–H and O–H groups in total. The van der Waals surface area contributed by atoms with Crippen molar-refractivity contribution in [2.45, 2.75) is 24.9 Å². The predicted molar refractivity (Wildman–Crippen MR) is 106 cm³/mol. The van der Waals surface area contributed by atoms with Crippen LogP contribution in [-0.4, -0.2) is 31.1 Å². The van der Waals surface area contributed by atoms with Gasteiger partial charge < -0.3 is 14.4 Å². The number of fused-ring (bicyclic) bond motifs is 1. The molecule has 1 aliphatic heterocycles. The molecule has 1 unspecified atom stereocenters. The molecule has 1 atom stereocenters. The van der Waals surface area contributed by atoms with E-state index in [1.807, 2.05) is 54.1 Å². The first-order valence-corrected chi connectivity index (χ1v) is 9.70. The van der Waals surface area contributed by atoms with E-state index in [-0.39, 0.29) is 23.0 Å². The zero-order valence-corrected chi connectivity index (χ0v) is 16.0. The van der Waals surface area contributed by atoms with Gasteiger partial charge in [-0.1, -0.05) is 30.0 Å². The van der Waals surface area contributed by atoms with Crippen LogP contribution in [-0.2, 0) is 31.5 Å². The molecule has 1 fully saturated rings. The lowest BCUT2D eigenvalue weighted by Gasteiger charge is -2.09. The molecule has 144 valence electrons. The first-order valence-electron chi connectivity index (χ1n) is 8.82. The van der Waals surface area contributed by atoms with Gasteiger partial charge >= 0.3 is 0 Å². The molecule has 0 radical (unpaired) electrons. The van der Waals surface area contributed by atoms with E-state index in [2.05, 4.69) is 10.3 Å². The number of nitrogens with zero attached hydrogens (tertiary/aromatic N) is 2. The van der Waals surface area contributed by atoms with E-state index in [4.69, 9.17) is 4.74 Å². The van der Waals surface area contributed by atoms with E-state index >= 15 is 0 Å². The van der Waals surface area contributed by atoms with Crippen LogP contribution in [0, 0.1) is 0 Å². The van der Waals surface area contributed by atoms with E-state index in [1.165, 1.54) is 0 Å². The van der Waals surface area contributed by atoms with Crippen molar-refractivity contribution in [3.05, 3.63) is 59.4 Å². The SMILES string of the molecule is Cn1c(COc2ccc(CC3SC(=O)NC3=O)cc2)nc2ccc(CO)cc21. The Bertz CT molecular complexity index is 1050. The minimum absolute atomic E-state index is 0.00547. The number of aryl methyl sites for hydroxylation is 1. The maximum Gasteiger partial charge on any atom is 0.286 e. The second-order valence-corrected chi connectivity index (χ2v) is 7.76. The van der Waals surface area contributed by atoms with Crippen LogP contribution in [0.2, 0.25) is 0 Å². The van der Waals surface area contributed by atoms with Gasteiger partial charge in [-0.15, -0.1) is 0 Å². The predicted octanol–water partition coefficient (Wildman–Crippen LogP) is 2.54. The highest BCUT2D eigenvalue weighted by Crippen LogP contribution is 2.24. The maximum absolute atomic E-state index is 11.7. The summed E-state index contributed by atoms with van der Waals surface area (Å²) < 4.78 is 7.81. The van der Waals surface area contributed by atoms with Gasteiger partial charge in [0.1, 0.15) is 18.2 Å². The largest absolute Gasteiger partial charge is 0.486 e. The number of benzene rings is 2. The van der Waals surface area contributed by atoms with E-state index in [9.17, 15) is 14.7 Å². The third kappa shape index (κ3) is 3.74. The number of imidazole rings is 1. The van der Waals surface area contributed by atoms with Crippen LogP contribution in [0.15, 0.2) is 42.5 Å². The lowest BCUT2D eigenvalue weighted by atomic mass is 10.1. The van der Waals surface area contributed by atoms with Gasteiger partial charge in [-0.25, -0.2) is 4.98 Å². The van der Waals surface area contributed by atoms with Crippen LogP contribution in [0.4, 0.5) is 4.79 Å². The zero-order chi connectivity index (χ0) is 19.7. The fourth-order valence-corrected chi connectivity index (χ4v) is 3.98. The number of hydrogen-bond donors (Lipinski definition) is 2. The third-order valence-electron chi connectivity index (χ3n) is 4.70. The highest BCUT2D eigenvalue weighted by molar-refractivity contribution is 8.15. The summed E-state index contributed by atoms with van der Waals surface area (Å²) in [5.41, 5.74) is 3.61. The second kappa shape index (κ2) is 7.65. The minimum atomic E-state index is -0.372. The topological polar surface area (TPSA) is 93.5 Å². The average Bonchev–Trinajstić information content (AvgIpc) is 3.19. The van der Waals surface area contributed by atoms with Gasteiger partial charge in [-0.2, -0.15) is 0 Å². The molecule has 2 aromatic carbocycles. The fraction of sp³-hybridized carbons (Fsp3) is 0.250. The van der Waals surface area contributed by atoms with Gasteiger partial charge in [0.25, 0.3) is 5.24 Å². The molecule has 1 saturated heterocycles. The lowest BCUT2D eigenvalue weighted by molar-refractivity contribution is -0.118. The summed E-state index contributed by atoms with van der Waals surface area (Å²) in [4.78, 5) is 27.5. The highest BCUT2D eigenvalue weighted by Gasteiger charge is 2.31. The number of aliphatic hydroxyl groups excluding tert-OH is 1. The molecular formula is C20H19N3O4S. The Kier molecular flexibility index (Phi) is 5.06. The maximum atomic E-state index is 11.7. The summed E-state index contributed by atoms with van der Waals surface area (Å²) in [5.74, 6) is 1.25. The molecule has 7 nitrogen and oxygen atoms in total. The number of amides is 2. The average molecular weight is 397 g/mol. The molecule has 28 heavy (non-hydrogen) atoms. The molecule has 0 aliphatic carbocycles. The lowest BCUT2D eigenvalue weighted by Crippen LogP contribution is -2.25. The summed E-state index contributed by atoms with van der Waals surface area (Å²) in [6.07, 6.45) is 0.500. The van der Waals surface area contributed by atoms with Crippen molar-refractivity contribution in [2.75, 3.05) is 0 Å². The molecule has 0 spiro atoms. The van der Waals surface area contributed by atoms with Crippen LogP contribution in [0.5, 0.6) is 5.75 Å². The van der Waals surface area contributed by atoms with Crippen molar-refractivity contribution in [3.8, 4) is 5.75 Å². The van der Waals surface area contributed by atoms with Crippen molar-refractivity contribution in [2.24, 2.45) is 7.05 Å². The summed E-state index contributed by atoms with van der Waals surface area (Å²) in [6.45, 7) is 0.308. The van der Waals surface area contributed by atoms with Crippen LogP contribution >= 0.6 is 11.8 Å². The number of nitrogens with one attached hydrogen (secondary N) is 1. The standard InChI is InChI=1S/C20H19N3O4S/c1-23-16-8-13(10-24)4-7-15(16)21-18(23)11-27-14-5-2-12(3-6-14)9-17-19(25)22-20(26)28-17/h2-8,17,24H,9-11H2,1H3,(H,22,25,26). The quantitative estimate of drug-likeness (QED) is 0.664. The van der Waals surface area contributed by atoms with Gasteiger partial charge in [0, 0.05) is 7.05 Å². The highest BCUT2D eigenvalue weighted by atomic mass is 32.2. The number of aliphatic hydroxyl groups is 1. The first-order chi connectivity index (χ1) is 13.5. The number of hydrogen-bond acceptors (Lipinski definition) is 6. The molecule has 0 bridgehead atoms. The van der Waals surface area contributed by atoms with E-state index < -0.39 is 0 Å². The van der Waals surface area contributed by atoms with Crippen LogP contribution in [0.1, 0.15) is 17.0 Å². The van der Waals surface area contributed by atoms with Crippen molar-refractivity contribution in [3.63, 3.8) is 0 Å². The summed E-state index contributed by atoms with van der Waals surface area (Å²) in [6, 6.07) is 13.2. The zero-order valence-electron chi connectivity index (χ0n) is 15.2. The molecule has 3 aromatic rings. The number of carbonyl (C=O) groups excluding carboxylic acids is 2. The minimum Gasteiger partial charge on any atom is -0.486 e. The fourth-order valence-electron chi connectivity index (χ4n) is 3.12. The van der Waals surface area contributed by atoms with Crippen molar-refractivity contribution in [1.82, 2.24) is 14.9 Å². The van der Waals surface area contributed by atoms with Crippen LogP contribution in [0.25, 0.3) is 11.0 Å². The molecule has 1 aromatic heterocycles. The summed E-state index contributed by atoms with van der Waals surface area (Å²) >= 11 is 1.03. The van der Waals surface area contributed by atoms with E-state index in [1.54, 1.807) is 0 Å². The Morgan fingerprint density at radius 3 is 2.61 bits per heavy atom. The Hall–Kier alpha value is -2.84. The number of aromatic nitrogens is 2. The monoisotopic (exact) mass is 397 g/mol. The summed E-state index contributed by atoms with van der Waals surface area (Å²) in [5, 5.41) is 10.9. The van der Waals surface area contributed by atoms with Gasteiger partial charge in [0.2, 0.25) is 5.91 Å². The van der Waals surface area contributed by atoms with Gasteiger partial charge in [0.05, 0.1) is 22.9 Å². The molecule has 0 saturated carbocycles. The number of ether oxygens (including phenoxy) is 1. The summed E-state index contributed by atoms with van der Waals surface area (Å²) in [7, 11) is 1.92. The Morgan fingerprint density at radius 2 is 1.93 bits per heavy atom. The molecular weight excluding hydrogens is 378 g/mol. The molecule has 2 amide bonds. The number of imide groups is 1. The molecule has 1 aliphatic rings. The third-order valence-corrected chi connectivity index (χ3v) is 5.68. The van der Waals surface area contributed by atoms with E-state index in [0.29, 0.717) is 18.8 Å². The van der Waals surface area contributed by atoms with E-state index in [0.717, 1.165) is 39.7 Å². The Balaban J connectivity index is 1.41. The van der Waals surface area contributed by atoms with Crippen LogP contribution in [0.3, 0.4) is 0 Å². The Morgan fingerprint density at radius 1 is 1.18 bits per heavy atom. The van der Waals surface area contributed by atoms with Crippen molar-refractivity contribution >= 4 is 33.9 Å². The van der Waals surface area contributed by atoms with Gasteiger partial charge in [-0.05, 0) is 41.8 Å². The molecule has 8 heteroatoms. The second-order valence-electron chi connectivity index (χ2n) is 6.59. The smallest absolute Gasteiger partial charge is 0.286 e. The first kappa shape index (κ1) is 18.5. The molecule has 4 rings (SSSR count). The van der Waals surface area contributed by atoms with Crippen molar-refractivity contribution < 1.29 is 19.4 Å².